The normalized spacial score (nSPS) is 12.0. The largest absolute Gasteiger partial charge is 0.489 e. The van der Waals surface area contributed by atoms with Crippen molar-refractivity contribution in [1.82, 2.24) is 0 Å². The number of alkyl halides is 3. The first kappa shape index (κ1) is 19.4. The zero-order chi connectivity index (χ0) is 19.2. The summed E-state index contributed by atoms with van der Waals surface area (Å²) in [4.78, 5) is 10.9. The van der Waals surface area contributed by atoms with Gasteiger partial charge in [-0.05, 0) is 30.7 Å². The molecule has 0 bridgehead atoms. The fourth-order valence-corrected chi connectivity index (χ4v) is 2.48. The quantitative estimate of drug-likeness (QED) is 0.746. The van der Waals surface area contributed by atoms with Gasteiger partial charge in [0.25, 0.3) is 0 Å². The minimum Gasteiger partial charge on any atom is -0.489 e. The van der Waals surface area contributed by atoms with E-state index in [0.29, 0.717) is 11.3 Å². The Kier molecular flexibility index (Phi) is 6.29. The Bertz CT molecular complexity index is 815. The van der Waals surface area contributed by atoms with E-state index in [0.717, 1.165) is 6.07 Å². The number of carboxylic acid groups (broad SMARTS) is 1. The van der Waals surface area contributed by atoms with Crippen LogP contribution in [0.4, 0.5) is 13.2 Å². The highest BCUT2D eigenvalue weighted by Crippen LogP contribution is 2.32. The first-order chi connectivity index (χ1) is 12.3. The topological polar surface area (TPSA) is 46.5 Å². The number of rotatable bonds is 6. The summed E-state index contributed by atoms with van der Waals surface area (Å²) in [5.74, 6) is 4.53. The number of hydrogen-bond donors (Lipinski definition) is 1. The van der Waals surface area contributed by atoms with Crippen LogP contribution in [0.3, 0.4) is 0 Å². The first-order valence-electron chi connectivity index (χ1n) is 7.83. The van der Waals surface area contributed by atoms with E-state index in [1.54, 1.807) is 31.2 Å². The Balaban J connectivity index is 2.10. The number of halogens is 3. The molecule has 3 nitrogen and oxygen atoms in total. The fraction of sp³-hybridized carbons (Fsp3) is 0.250. The van der Waals surface area contributed by atoms with Crippen LogP contribution in [0.1, 0.15) is 36.0 Å². The minimum absolute atomic E-state index is 0.0460. The van der Waals surface area contributed by atoms with E-state index >= 15 is 0 Å². The summed E-state index contributed by atoms with van der Waals surface area (Å²) in [6.07, 6.45) is -4.56. The summed E-state index contributed by atoms with van der Waals surface area (Å²) in [6, 6.07) is 11.8. The maximum absolute atomic E-state index is 13.0. The van der Waals surface area contributed by atoms with Gasteiger partial charge in [0.2, 0.25) is 0 Å². The fourth-order valence-electron chi connectivity index (χ4n) is 2.48. The van der Waals surface area contributed by atoms with Crippen LogP contribution in [-0.4, -0.2) is 11.1 Å². The van der Waals surface area contributed by atoms with Crippen LogP contribution in [-0.2, 0) is 17.6 Å². The van der Waals surface area contributed by atoms with Gasteiger partial charge in [-0.15, -0.1) is 5.92 Å². The van der Waals surface area contributed by atoms with Gasteiger partial charge in [0.05, 0.1) is 17.9 Å². The lowest BCUT2D eigenvalue weighted by molar-refractivity contribution is -0.139. The molecule has 1 atom stereocenters. The van der Waals surface area contributed by atoms with Crippen molar-refractivity contribution in [3.63, 3.8) is 0 Å². The summed E-state index contributed by atoms with van der Waals surface area (Å²) in [5.41, 5.74) is 0.0332. The average molecular weight is 362 g/mol. The molecular formula is C20H17F3O3. The first-order valence-corrected chi connectivity index (χ1v) is 7.83. The smallest absolute Gasteiger partial charge is 0.416 e. The lowest BCUT2D eigenvalue weighted by Crippen LogP contribution is -2.10. The average Bonchev–Trinajstić information content (AvgIpc) is 2.59. The molecule has 2 aromatic carbocycles. The molecule has 0 fully saturated rings. The van der Waals surface area contributed by atoms with E-state index in [2.05, 4.69) is 11.8 Å². The van der Waals surface area contributed by atoms with E-state index in [1.807, 2.05) is 0 Å². The molecule has 2 aromatic rings. The van der Waals surface area contributed by atoms with Crippen molar-refractivity contribution in [3.05, 3.63) is 65.2 Å². The Morgan fingerprint density at radius 3 is 2.38 bits per heavy atom. The summed E-state index contributed by atoms with van der Waals surface area (Å²) >= 11 is 0. The van der Waals surface area contributed by atoms with Crippen LogP contribution in [0.15, 0.2) is 48.5 Å². The van der Waals surface area contributed by atoms with E-state index in [1.165, 1.54) is 18.2 Å². The number of carbonyl (C=O) groups is 1. The summed E-state index contributed by atoms with van der Waals surface area (Å²) in [7, 11) is 0. The molecule has 0 aliphatic heterocycles. The molecule has 2 rings (SSSR count). The minimum atomic E-state index is -4.44. The lowest BCUT2D eigenvalue weighted by atomic mass is 9.96. The highest BCUT2D eigenvalue weighted by molar-refractivity contribution is 5.69. The zero-order valence-corrected chi connectivity index (χ0v) is 14.0. The van der Waals surface area contributed by atoms with Gasteiger partial charge < -0.3 is 9.84 Å². The van der Waals surface area contributed by atoms with E-state index in [4.69, 9.17) is 9.84 Å². The lowest BCUT2D eigenvalue weighted by Gasteiger charge is -2.14. The molecule has 0 saturated carbocycles. The molecule has 0 unspecified atom stereocenters. The molecule has 6 heteroatoms. The Morgan fingerprint density at radius 2 is 1.81 bits per heavy atom. The van der Waals surface area contributed by atoms with Crippen LogP contribution in [0.25, 0.3) is 0 Å². The van der Waals surface area contributed by atoms with E-state index < -0.39 is 23.6 Å². The molecule has 0 aliphatic rings. The number of benzene rings is 2. The van der Waals surface area contributed by atoms with Crippen LogP contribution in [0, 0.1) is 11.8 Å². The SMILES string of the molecule is CC#C[C@H](CC(=O)O)c1ccc(OCc2ccccc2C(F)(F)F)cc1. The number of ether oxygens (including phenoxy) is 1. The predicted octanol–water partition coefficient (Wildman–Crippen LogP) is 4.87. The second kappa shape index (κ2) is 8.43. The number of aliphatic carboxylic acids is 1. The third-order valence-corrected chi connectivity index (χ3v) is 3.70. The molecule has 0 aliphatic carbocycles. The van der Waals surface area contributed by atoms with Crippen molar-refractivity contribution in [2.24, 2.45) is 0 Å². The molecule has 0 spiro atoms. The highest BCUT2D eigenvalue weighted by atomic mass is 19.4. The molecule has 0 saturated heterocycles. The second-order valence-corrected chi connectivity index (χ2v) is 5.56. The Labute approximate surface area is 149 Å². The highest BCUT2D eigenvalue weighted by Gasteiger charge is 2.32. The molecular weight excluding hydrogens is 345 g/mol. The molecule has 0 amide bonds. The van der Waals surface area contributed by atoms with Crippen molar-refractivity contribution in [2.75, 3.05) is 0 Å². The maximum atomic E-state index is 13.0. The molecule has 26 heavy (non-hydrogen) atoms. The van der Waals surface area contributed by atoms with Gasteiger partial charge in [0, 0.05) is 5.56 Å². The van der Waals surface area contributed by atoms with E-state index in [9.17, 15) is 18.0 Å². The summed E-state index contributed by atoms with van der Waals surface area (Å²) < 4.78 is 44.4. The van der Waals surface area contributed by atoms with Crippen molar-refractivity contribution >= 4 is 5.97 Å². The van der Waals surface area contributed by atoms with Gasteiger partial charge in [0.15, 0.2) is 0 Å². The van der Waals surface area contributed by atoms with Gasteiger partial charge in [-0.1, -0.05) is 36.3 Å². The summed E-state index contributed by atoms with van der Waals surface area (Å²) in [6.45, 7) is 1.41. The van der Waals surface area contributed by atoms with Gasteiger partial charge in [-0.2, -0.15) is 13.2 Å². The predicted molar refractivity (Wildman–Crippen MR) is 90.7 cm³/mol. The van der Waals surface area contributed by atoms with Gasteiger partial charge in [-0.25, -0.2) is 0 Å². The van der Waals surface area contributed by atoms with Crippen LogP contribution < -0.4 is 4.74 Å². The van der Waals surface area contributed by atoms with E-state index in [-0.39, 0.29) is 18.6 Å². The van der Waals surface area contributed by atoms with Gasteiger partial charge in [-0.3, -0.25) is 4.79 Å². The van der Waals surface area contributed by atoms with Crippen molar-refractivity contribution in [3.8, 4) is 17.6 Å². The maximum Gasteiger partial charge on any atom is 0.416 e. The third kappa shape index (κ3) is 5.28. The summed E-state index contributed by atoms with van der Waals surface area (Å²) in [5, 5.41) is 8.94. The van der Waals surface area contributed by atoms with Crippen molar-refractivity contribution in [2.45, 2.75) is 32.0 Å². The van der Waals surface area contributed by atoms with Crippen molar-refractivity contribution in [1.29, 1.82) is 0 Å². The molecule has 0 heterocycles. The number of carboxylic acids is 1. The third-order valence-electron chi connectivity index (χ3n) is 3.70. The molecule has 136 valence electrons. The molecule has 0 aromatic heterocycles. The Morgan fingerprint density at radius 1 is 1.15 bits per heavy atom. The van der Waals surface area contributed by atoms with Crippen LogP contribution in [0.5, 0.6) is 5.75 Å². The van der Waals surface area contributed by atoms with Gasteiger partial charge >= 0.3 is 12.1 Å². The molecule has 1 N–H and O–H groups in total. The number of hydrogen-bond acceptors (Lipinski definition) is 2. The molecule has 0 radical (unpaired) electrons. The monoisotopic (exact) mass is 362 g/mol. The van der Waals surface area contributed by atoms with Gasteiger partial charge in [0.1, 0.15) is 12.4 Å². The zero-order valence-electron chi connectivity index (χ0n) is 14.0. The van der Waals surface area contributed by atoms with Crippen molar-refractivity contribution < 1.29 is 27.8 Å². The Hall–Kier alpha value is -2.94. The standard InChI is InChI=1S/C20H17F3O3/c1-2-5-15(12-19(24)25)14-8-10-17(11-9-14)26-13-16-6-3-4-7-18(16)20(21,22)23/h3-4,6-11,15H,12-13H2,1H3,(H,24,25)/t15-/m1/s1. The van der Waals surface area contributed by atoms with Crippen LogP contribution in [0.2, 0.25) is 0 Å². The van der Waals surface area contributed by atoms with Crippen LogP contribution >= 0.6 is 0 Å². The second-order valence-electron chi connectivity index (χ2n) is 5.56.